The number of carbonyl (C=O) groups is 1. The molecule has 11 nitrogen and oxygen atoms in total. The van der Waals surface area contributed by atoms with Crippen molar-refractivity contribution in [3.8, 4) is 17.6 Å². The molecule has 1 aromatic heterocycles. The Morgan fingerprint density at radius 3 is 2.57 bits per heavy atom. The molecule has 2 fully saturated rings. The van der Waals surface area contributed by atoms with Crippen LogP contribution in [0.5, 0.6) is 5.75 Å². The number of methoxy groups -OCH3 is 1. The normalized spacial score (nSPS) is 17.9. The van der Waals surface area contributed by atoms with Crippen molar-refractivity contribution in [1.82, 2.24) is 9.47 Å². The van der Waals surface area contributed by atoms with Crippen molar-refractivity contribution in [2.75, 3.05) is 50.5 Å². The molecule has 5 rings (SSSR count). The number of fused-ring (bicyclic) bond motifs is 1. The smallest absolute Gasteiger partial charge is 0.495 e. The number of rotatable bonds is 9. The monoisotopic (exact) mass is 635 g/mol. The number of primary sulfonamides is 1. The highest BCUT2D eigenvalue weighted by molar-refractivity contribution is 7.89. The zero-order chi connectivity index (χ0) is 31.5. The number of ether oxygens (including phenoxy) is 3. The lowest BCUT2D eigenvalue weighted by atomic mass is 10.0. The number of cyclic esters (lactones) is 2. The van der Waals surface area contributed by atoms with Crippen LogP contribution in [0.15, 0.2) is 47.4 Å². The number of benzene rings is 2. The van der Waals surface area contributed by atoms with Crippen LogP contribution in [0.4, 0.5) is 29.3 Å². The van der Waals surface area contributed by atoms with E-state index in [-0.39, 0.29) is 41.6 Å². The van der Waals surface area contributed by atoms with Crippen molar-refractivity contribution in [2.45, 2.75) is 42.6 Å². The number of hydrogen-bond donors (Lipinski definition) is 3. The van der Waals surface area contributed by atoms with E-state index in [2.05, 4.69) is 27.4 Å². The fourth-order valence-corrected chi connectivity index (χ4v) is 5.88. The second kappa shape index (κ2) is 12.8. The van der Waals surface area contributed by atoms with Gasteiger partial charge in [0, 0.05) is 42.8 Å². The first-order valence-corrected chi connectivity index (χ1v) is 15.4. The molecule has 44 heavy (non-hydrogen) atoms. The molecule has 15 heteroatoms. The van der Waals surface area contributed by atoms with Crippen molar-refractivity contribution in [3.05, 3.63) is 48.2 Å². The molecule has 2 aliphatic heterocycles. The van der Waals surface area contributed by atoms with E-state index in [4.69, 9.17) is 19.3 Å². The van der Waals surface area contributed by atoms with Crippen LogP contribution in [0.2, 0.25) is 0 Å². The van der Waals surface area contributed by atoms with E-state index in [1.54, 1.807) is 18.2 Å². The predicted octanol–water partition coefficient (Wildman–Crippen LogP) is 3.73. The summed E-state index contributed by atoms with van der Waals surface area (Å²) in [5, 5.41) is 12.3. The number of aromatic nitrogens is 1. The van der Waals surface area contributed by atoms with Gasteiger partial charge in [0.1, 0.15) is 18.9 Å². The molecule has 0 bridgehead atoms. The Labute approximate surface area is 252 Å². The van der Waals surface area contributed by atoms with Gasteiger partial charge in [0.05, 0.1) is 35.4 Å². The second-order valence-electron chi connectivity index (χ2n) is 10.6. The molecular weight excluding hydrogens is 603 g/mol. The molecule has 0 amide bonds. The van der Waals surface area contributed by atoms with Gasteiger partial charge in [-0.15, -0.1) is 0 Å². The summed E-state index contributed by atoms with van der Waals surface area (Å²) in [6.07, 6.45) is -3.77. The molecule has 236 valence electrons. The standard InChI is InChI=1S/C29H32F3N5O6S/c1-41-27-15-22(44(33,39)40)7-8-25(27)34-11-3-4-20-14-23-24(5-2-6-26(23)37(20)18-29(30,31)32)35-19-9-12-36(13-10-19)16-21-17-42-28(38)43-21/h2,5-8,14-15,19,21,34-35H,9-13,16-18H2,1H3,(H2,33,39,40). The third-order valence-electron chi connectivity index (χ3n) is 7.43. The molecule has 1 atom stereocenters. The Kier molecular flexibility index (Phi) is 9.14. The second-order valence-corrected chi connectivity index (χ2v) is 12.1. The SMILES string of the molecule is COc1cc(S(N)(=O)=O)ccc1NCC#Cc1cc2c(NC3CCN(CC4COC(=O)O4)CC3)cccc2n1CC(F)(F)F. The van der Waals surface area contributed by atoms with Crippen molar-refractivity contribution >= 4 is 38.5 Å². The first kappa shape index (κ1) is 31.3. The first-order chi connectivity index (χ1) is 20.9. The molecule has 0 spiro atoms. The van der Waals surface area contributed by atoms with E-state index >= 15 is 0 Å². The molecule has 0 saturated carbocycles. The summed E-state index contributed by atoms with van der Waals surface area (Å²) in [7, 11) is -2.56. The van der Waals surface area contributed by atoms with Crippen LogP contribution in [-0.2, 0) is 26.0 Å². The maximum Gasteiger partial charge on any atom is 0.508 e. The van der Waals surface area contributed by atoms with E-state index in [9.17, 15) is 26.4 Å². The van der Waals surface area contributed by atoms with Gasteiger partial charge in [-0.25, -0.2) is 18.4 Å². The van der Waals surface area contributed by atoms with Gasteiger partial charge in [0.2, 0.25) is 10.0 Å². The Balaban J connectivity index is 1.30. The Hall–Kier alpha value is -4.13. The third kappa shape index (κ3) is 7.68. The summed E-state index contributed by atoms with van der Waals surface area (Å²) in [5.74, 6) is 5.94. The lowest BCUT2D eigenvalue weighted by molar-refractivity contribution is -0.140. The largest absolute Gasteiger partial charge is 0.508 e. The summed E-state index contributed by atoms with van der Waals surface area (Å²) in [5.41, 5.74) is 1.78. The molecule has 2 saturated heterocycles. The van der Waals surface area contributed by atoms with Gasteiger partial charge in [0.15, 0.2) is 6.10 Å². The first-order valence-electron chi connectivity index (χ1n) is 13.8. The maximum atomic E-state index is 13.6. The molecule has 1 unspecified atom stereocenters. The number of nitrogens with two attached hydrogens (primary N) is 1. The van der Waals surface area contributed by atoms with E-state index < -0.39 is 28.9 Å². The molecule has 0 radical (unpaired) electrons. The topological polar surface area (TPSA) is 137 Å². The van der Waals surface area contributed by atoms with Gasteiger partial charge >= 0.3 is 12.3 Å². The highest BCUT2D eigenvalue weighted by Gasteiger charge is 2.31. The fraction of sp³-hybridized carbons (Fsp3) is 0.414. The average Bonchev–Trinajstić information content (AvgIpc) is 3.53. The van der Waals surface area contributed by atoms with Crippen molar-refractivity contribution < 1.29 is 40.6 Å². The molecule has 2 aliphatic rings. The van der Waals surface area contributed by atoms with Gasteiger partial charge in [-0.05, 0) is 49.1 Å². The highest BCUT2D eigenvalue weighted by atomic mass is 32.2. The van der Waals surface area contributed by atoms with Crippen LogP contribution in [0.1, 0.15) is 18.5 Å². The van der Waals surface area contributed by atoms with Crippen LogP contribution in [0, 0.1) is 11.8 Å². The van der Waals surface area contributed by atoms with Crippen molar-refractivity contribution in [1.29, 1.82) is 0 Å². The van der Waals surface area contributed by atoms with E-state index in [0.717, 1.165) is 36.2 Å². The number of likely N-dealkylation sites (tertiary alicyclic amines) is 1. The van der Waals surface area contributed by atoms with Crippen LogP contribution in [-0.4, -0.2) is 82.3 Å². The third-order valence-corrected chi connectivity index (χ3v) is 8.34. The highest BCUT2D eigenvalue weighted by Crippen LogP contribution is 2.32. The molecule has 2 aromatic carbocycles. The Morgan fingerprint density at radius 1 is 1.14 bits per heavy atom. The van der Waals surface area contributed by atoms with E-state index in [0.29, 0.717) is 23.1 Å². The molecule has 3 heterocycles. The minimum Gasteiger partial charge on any atom is -0.495 e. The van der Waals surface area contributed by atoms with E-state index in [1.807, 2.05) is 6.07 Å². The lowest BCUT2D eigenvalue weighted by Crippen LogP contribution is -2.43. The van der Waals surface area contributed by atoms with Gasteiger partial charge in [0.25, 0.3) is 0 Å². The van der Waals surface area contributed by atoms with Gasteiger partial charge in [-0.2, -0.15) is 13.2 Å². The van der Waals surface area contributed by atoms with Crippen LogP contribution in [0.25, 0.3) is 10.9 Å². The number of nitrogens with one attached hydrogen (secondary N) is 2. The summed E-state index contributed by atoms with van der Waals surface area (Å²) in [6.45, 7) is 1.24. The summed E-state index contributed by atoms with van der Waals surface area (Å²) >= 11 is 0. The molecule has 0 aliphatic carbocycles. The van der Waals surface area contributed by atoms with Gasteiger partial charge in [-0.1, -0.05) is 12.0 Å². The maximum absolute atomic E-state index is 13.6. The minimum absolute atomic E-state index is 0.0501. The number of piperidine rings is 1. The van der Waals surface area contributed by atoms with Crippen LogP contribution in [0.3, 0.4) is 0 Å². The number of anilines is 2. The van der Waals surface area contributed by atoms with Crippen LogP contribution < -0.4 is 20.5 Å². The van der Waals surface area contributed by atoms with Crippen LogP contribution >= 0.6 is 0 Å². The summed E-state index contributed by atoms with van der Waals surface area (Å²) in [6, 6.07) is 11.0. The lowest BCUT2D eigenvalue weighted by Gasteiger charge is -2.33. The Morgan fingerprint density at radius 2 is 1.91 bits per heavy atom. The summed E-state index contributed by atoms with van der Waals surface area (Å²) in [4.78, 5) is 13.3. The van der Waals surface area contributed by atoms with Crippen molar-refractivity contribution in [2.24, 2.45) is 5.14 Å². The zero-order valence-corrected chi connectivity index (χ0v) is 24.6. The number of sulfonamides is 1. The van der Waals surface area contributed by atoms with Crippen molar-refractivity contribution in [3.63, 3.8) is 0 Å². The fourth-order valence-electron chi connectivity index (χ4n) is 5.36. The zero-order valence-electron chi connectivity index (χ0n) is 23.8. The number of carbonyl (C=O) groups excluding carboxylic acids is 1. The number of alkyl halides is 3. The molecule has 3 aromatic rings. The predicted molar refractivity (Wildman–Crippen MR) is 157 cm³/mol. The minimum atomic E-state index is -4.46. The molecule has 4 N–H and O–H groups in total. The summed E-state index contributed by atoms with van der Waals surface area (Å²) < 4.78 is 80.4. The number of nitrogens with zero attached hydrogens (tertiary/aromatic N) is 2. The Bertz CT molecular complexity index is 1690. The average molecular weight is 636 g/mol. The number of halogens is 3. The quantitative estimate of drug-likeness (QED) is 0.237. The van der Waals surface area contributed by atoms with Gasteiger partial charge in [-0.3, -0.25) is 4.90 Å². The van der Waals surface area contributed by atoms with Gasteiger partial charge < -0.3 is 29.4 Å². The van der Waals surface area contributed by atoms with E-state index in [1.165, 1.54) is 25.3 Å². The number of hydrogen-bond acceptors (Lipinski definition) is 9. The molecular formula is C29H32F3N5O6S.